The predicted octanol–water partition coefficient (Wildman–Crippen LogP) is 2.35. The van der Waals surface area contributed by atoms with Crippen LogP contribution in [0.4, 0.5) is 0 Å². The molecule has 4 heteroatoms. The molecule has 0 aliphatic heterocycles. The first-order chi connectivity index (χ1) is 6.29. The van der Waals surface area contributed by atoms with Crippen LogP contribution in [0.25, 0.3) is 0 Å². The van der Waals surface area contributed by atoms with Gasteiger partial charge in [-0.25, -0.2) is 4.79 Å². The van der Waals surface area contributed by atoms with Crippen molar-refractivity contribution < 1.29 is 12.6 Å². The van der Waals surface area contributed by atoms with Crippen LogP contribution in [0.15, 0.2) is 24.3 Å². The topological polar surface area (TPSA) is 43.4 Å². The summed E-state index contributed by atoms with van der Waals surface area (Å²) in [5.41, 5.74) is 0.423. The van der Waals surface area contributed by atoms with Crippen LogP contribution in [0.2, 0.25) is 0 Å². The van der Waals surface area contributed by atoms with E-state index in [0.717, 1.165) is 0 Å². The monoisotopic (exact) mass is 292 g/mol. The molecule has 0 aliphatic carbocycles. The number of carbonyl (C=O) groups excluding carboxylic acids is 1. The van der Waals surface area contributed by atoms with E-state index in [2.05, 4.69) is 0 Å². The molecule has 3 nitrogen and oxygen atoms in total. The molecule has 1 rings (SSSR count). The van der Waals surface area contributed by atoms with E-state index in [1.54, 1.807) is 31.2 Å². The Morgan fingerprint density at radius 3 is 2.77 bits per heavy atom. The van der Waals surface area contributed by atoms with Gasteiger partial charge in [0.15, 0.2) is 21.2 Å². The van der Waals surface area contributed by atoms with E-state index < -0.39 is 27.2 Å². The average molecular weight is 292 g/mol. The Balaban J connectivity index is 2.98. The molecule has 0 spiro atoms. The summed E-state index contributed by atoms with van der Waals surface area (Å²) in [5, 5.41) is 0. The molecule has 0 saturated heterocycles. The fourth-order valence-electron chi connectivity index (χ4n) is 0.903. The molecule has 1 aromatic carbocycles. The second-order valence-corrected chi connectivity index (χ2v) is 3.88. The van der Waals surface area contributed by atoms with Crippen LogP contribution < -0.4 is 0 Å². The zero-order valence-corrected chi connectivity index (χ0v) is 9.28. The first-order valence-electron chi connectivity index (χ1n) is 3.82. The minimum Gasteiger partial charge on any atom is -0.462 e. The molecule has 1 aromatic rings. The lowest BCUT2D eigenvalue weighted by molar-refractivity contribution is 0.0525. The van der Waals surface area contributed by atoms with Crippen LogP contribution in [0.1, 0.15) is 17.3 Å². The summed E-state index contributed by atoms with van der Waals surface area (Å²) >= 11 is -1.31. The molecule has 0 heterocycles. The number of halogens is 1. The number of rotatable bonds is 3. The van der Waals surface area contributed by atoms with Gasteiger partial charge in [0.25, 0.3) is 0 Å². The van der Waals surface area contributed by atoms with E-state index in [1.165, 1.54) is 0 Å². The van der Waals surface area contributed by atoms with Gasteiger partial charge in [-0.2, -0.15) is 0 Å². The van der Waals surface area contributed by atoms with Gasteiger partial charge in [0, 0.05) is 0 Å². The second kappa shape index (κ2) is 5.06. The van der Waals surface area contributed by atoms with Crippen LogP contribution in [0, 0.1) is 3.57 Å². The van der Waals surface area contributed by atoms with Crippen molar-refractivity contribution in [2.75, 3.05) is 6.61 Å². The van der Waals surface area contributed by atoms with Gasteiger partial charge < -0.3 is 4.74 Å². The lowest BCUT2D eigenvalue weighted by Crippen LogP contribution is -2.06. The summed E-state index contributed by atoms with van der Waals surface area (Å²) in [6, 6.07) is 6.81. The normalized spacial score (nSPS) is 9.62. The summed E-state index contributed by atoms with van der Waals surface area (Å²) in [6.07, 6.45) is 0. The van der Waals surface area contributed by atoms with Crippen molar-refractivity contribution in [1.82, 2.24) is 0 Å². The van der Waals surface area contributed by atoms with Crippen molar-refractivity contribution in [2.24, 2.45) is 0 Å². The molecule has 0 unspecified atom stereocenters. The molecule has 70 valence electrons. The third-order valence-electron chi connectivity index (χ3n) is 1.45. The zero-order valence-electron chi connectivity index (χ0n) is 7.12. The molecule has 0 bridgehead atoms. The first-order valence-corrected chi connectivity index (χ1v) is 5.78. The maximum atomic E-state index is 11.3. The largest absolute Gasteiger partial charge is 0.462 e. The first kappa shape index (κ1) is 10.3. The fraction of sp³-hybridized carbons (Fsp3) is 0.222. The van der Waals surface area contributed by atoms with Crippen molar-refractivity contribution >= 4 is 27.2 Å². The number of hydrogen-bond donors (Lipinski definition) is 0. The van der Waals surface area contributed by atoms with Crippen LogP contribution >= 0.6 is 21.2 Å². The maximum absolute atomic E-state index is 11.3. The lowest BCUT2D eigenvalue weighted by atomic mass is 10.2. The predicted molar refractivity (Wildman–Crippen MR) is 55.8 cm³/mol. The molecular weight excluding hydrogens is 283 g/mol. The minimum absolute atomic E-state index is 0.338. The van der Waals surface area contributed by atoms with Crippen molar-refractivity contribution in [2.45, 2.75) is 6.92 Å². The van der Waals surface area contributed by atoms with E-state index in [0.29, 0.717) is 15.7 Å². The van der Waals surface area contributed by atoms with Gasteiger partial charge in [0.1, 0.15) is 0 Å². The smallest absolute Gasteiger partial charge is 0.339 e. The summed E-state index contributed by atoms with van der Waals surface area (Å²) < 4.78 is 16.2. The third-order valence-corrected chi connectivity index (χ3v) is 2.87. The molecule has 0 fully saturated rings. The van der Waals surface area contributed by atoms with E-state index in [4.69, 9.17) is 4.74 Å². The maximum Gasteiger partial charge on any atom is 0.339 e. The molecule has 0 N–H and O–H groups in total. The summed E-state index contributed by atoms with van der Waals surface area (Å²) in [5.74, 6) is -0.395. The number of benzene rings is 1. The molecule has 0 atom stereocenters. The highest BCUT2D eigenvalue weighted by Crippen LogP contribution is 2.16. The van der Waals surface area contributed by atoms with Crippen molar-refractivity contribution in [1.29, 1.82) is 0 Å². The number of esters is 1. The van der Waals surface area contributed by atoms with Crippen molar-refractivity contribution in [3.8, 4) is 0 Å². The molecule has 0 saturated carbocycles. The summed E-state index contributed by atoms with van der Waals surface area (Å²) in [7, 11) is 0. The highest BCUT2D eigenvalue weighted by Gasteiger charge is 2.10. The quantitative estimate of drug-likeness (QED) is 0.634. The van der Waals surface area contributed by atoms with Crippen molar-refractivity contribution in [3.05, 3.63) is 33.4 Å². The third kappa shape index (κ3) is 2.58. The van der Waals surface area contributed by atoms with E-state index in [-0.39, 0.29) is 0 Å². The van der Waals surface area contributed by atoms with E-state index >= 15 is 0 Å². The van der Waals surface area contributed by atoms with Crippen LogP contribution in [-0.4, -0.2) is 12.6 Å². The van der Waals surface area contributed by atoms with Crippen LogP contribution in [0.3, 0.4) is 0 Å². The van der Waals surface area contributed by atoms with Gasteiger partial charge in [0.2, 0.25) is 0 Å². The Labute approximate surface area is 86.7 Å². The number of hydrogen-bond acceptors (Lipinski definition) is 3. The van der Waals surface area contributed by atoms with Gasteiger partial charge in [-0.1, -0.05) is 12.1 Å². The summed E-state index contributed by atoms with van der Waals surface area (Å²) in [4.78, 5) is 11.3. The number of ether oxygens (including phenoxy) is 1. The lowest BCUT2D eigenvalue weighted by Gasteiger charge is -2.02. The molecule has 0 amide bonds. The highest BCUT2D eigenvalue weighted by atomic mass is 127. The zero-order chi connectivity index (χ0) is 9.68. The van der Waals surface area contributed by atoms with Gasteiger partial charge >= 0.3 is 5.97 Å². The van der Waals surface area contributed by atoms with Crippen LogP contribution in [-0.2, 0) is 7.81 Å². The Hall–Kier alpha value is -0.780. The second-order valence-electron chi connectivity index (χ2n) is 2.28. The Morgan fingerprint density at radius 2 is 2.15 bits per heavy atom. The molecule has 0 radical (unpaired) electrons. The Bertz CT molecular complexity index is 322. The molecular formula is C9H9IO3. The Kier molecular flexibility index (Phi) is 4.01. The Morgan fingerprint density at radius 1 is 1.46 bits per heavy atom. The van der Waals surface area contributed by atoms with Crippen LogP contribution in [0.5, 0.6) is 0 Å². The SMILES string of the molecule is CCOC(=O)c1ccccc1I=O. The fourth-order valence-corrected chi connectivity index (χ4v) is 1.89. The minimum atomic E-state index is -1.31. The van der Waals surface area contributed by atoms with Gasteiger partial charge in [-0.3, -0.25) is 3.07 Å². The van der Waals surface area contributed by atoms with Gasteiger partial charge in [-0.15, -0.1) is 0 Å². The molecule has 13 heavy (non-hydrogen) atoms. The summed E-state index contributed by atoms with van der Waals surface area (Å²) in [6.45, 7) is 2.08. The average Bonchev–Trinajstić information content (AvgIpc) is 2.18. The highest BCUT2D eigenvalue weighted by molar-refractivity contribution is 14.1. The van der Waals surface area contributed by atoms with E-state index in [9.17, 15) is 7.86 Å². The molecule has 0 aliphatic rings. The number of carbonyl (C=O) groups is 1. The van der Waals surface area contributed by atoms with Gasteiger partial charge in [0.05, 0.1) is 15.7 Å². The van der Waals surface area contributed by atoms with Gasteiger partial charge in [-0.05, 0) is 19.1 Å². The standard InChI is InChI=1S/C9H9IO3/c1-2-13-9(11)7-5-3-4-6-8(7)10-12/h3-6H,2H2,1H3. The van der Waals surface area contributed by atoms with Crippen molar-refractivity contribution in [3.63, 3.8) is 0 Å². The van der Waals surface area contributed by atoms with E-state index in [1.807, 2.05) is 0 Å². The molecule has 0 aromatic heterocycles.